The summed E-state index contributed by atoms with van der Waals surface area (Å²) in [6, 6.07) is 0. The number of hydrogen-bond acceptors (Lipinski definition) is 4. The number of carbonyl (C=O) groups excluding carboxylic acids is 1. The van der Waals surface area contributed by atoms with Crippen LogP contribution >= 0.6 is 0 Å². The SMILES string of the molecule is CCC1(C)NCN(CC(C)(C)S(C)(=O)=O)C1=O. The van der Waals surface area contributed by atoms with Crippen molar-refractivity contribution in [1.82, 2.24) is 10.2 Å². The third-order valence-corrected chi connectivity index (χ3v) is 5.84. The van der Waals surface area contributed by atoms with E-state index < -0.39 is 20.1 Å². The molecule has 0 spiro atoms. The van der Waals surface area contributed by atoms with E-state index in [4.69, 9.17) is 0 Å². The molecule has 5 nitrogen and oxygen atoms in total. The third kappa shape index (κ3) is 2.63. The molecule has 0 bridgehead atoms. The lowest BCUT2D eigenvalue weighted by atomic mass is 9.99. The van der Waals surface area contributed by atoms with Gasteiger partial charge in [0.2, 0.25) is 5.91 Å². The smallest absolute Gasteiger partial charge is 0.243 e. The molecule has 0 aromatic carbocycles. The van der Waals surface area contributed by atoms with Gasteiger partial charge in [-0.2, -0.15) is 0 Å². The van der Waals surface area contributed by atoms with Gasteiger partial charge in [0.25, 0.3) is 0 Å². The summed E-state index contributed by atoms with van der Waals surface area (Å²) in [6.45, 7) is 7.74. The first kappa shape index (κ1) is 14.4. The summed E-state index contributed by atoms with van der Waals surface area (Å²) in [5.74, 6) is -0.0169. The zero-order chi connectivity index (χ0) is 13.5. The summed E-state index contributed by atoms with van der Waals surface area (Å²) in [6.07, 6.45) is 1.90. The molecule has 1 aliphatic heterocycles. The van der Waals surface area contributed by atoms with Crippen LogP contribution < -0.4 is 5.32 Å². The summed E-state index contributed by atoms with van der Waals surface area (Å²) in [7, 11) is -3.18. The average molecular weight is 262 g/mol. The number of nitrogens with one attached hydrogen (secondary N) is 1. The fourth-order valence-corrected chi connectivity index (χ4v) is 2.14. The lowest BCUT2D eigenvalue weighted by Crippen LogP contribution is -2.47. The largest absolute Gasteiger partial charge is 0.327 e. The molecule has 100 valence electrons. The Hall–Kier alpha value is -0.620. The van der Waals surface area contributed by atoms with E-state index in [2.05, 4.69) is 5.32 Å². The molecule has 1 fully saturated rings. The van der Waals surface area contributed by atoms with E-state index in [1.54, 1.807) is 18.7 Å². The molecule has 0 aromatic rings. The van der Waals surface area contributed by atoms with Crippen LogP contribution in [-0.2, 0) is 14.6 Å². The Bertz CT molecular complexity index is 416. The molecule has 0 saturated carbocycles. The topological polar surface area (TPSA) is 66.5 Å². The Morgan fingerprint density at radius 1 is 1.47 bits per heavy atom. The first-order valence-corrected chi connectivity index (χ1v) is 7.67. The van der Waals surface area contributed by atoms with Gasteiger partial charge >= 0.3 is 0 Å². The Labute approximate surface area is 103 Å². The van der Waals surface area contributed by atoms with Gasteiger partial charge in [-0.25, -0.2) is 8.42 Å². The van der Waals surface area contributed by atoms with Crippen molar-refractivity contribution in [3.63, 3.8) is 0 Å². The highest BCUT2D eigenvalue weighted by Gasteiger charge is 2.44. The Morgan fingerprint density at radius 2 is 2.00 bits per heavy atom. The number of amides is 1. The van der Waals surface area contributed by atoms with E-state index in [-0.39, 0.29) is 12.5 Å². The molecule has 1 heterocycles. The molecule has 17 heavy (non-hydrogen) atoms. The molecule has 6 heteroatoms. The maximum absolute atomic E-state index is 12.1. The number of sulfone groups is 1. The highest BCUT2D eigenvalue weighted by atomic mass is 32.2. The van der Waals surface area contributed by atoms with Gasteiger partial charge in [0.05, 0.1) is 17.0 Å². The van der Waals surface area contributed by atoms with Crippen LogP contribution in [0.15, 0.2) is 0 Å². The minimum atomic E-state index is -3.18. The van der Waals surface area contributed by atoms with E-state index in [0.717, 1.165) is 0 Å². The highest BCUT2D eigenvalue weighted by molar-refractivity contribution is 7.92. The molecule has 1 rings (SSSR count). The third-order valence-electron chi connectivity index (χ3n) is 3.70. The van der Waals surface area contributed by atoms with Crippen molar-refractivity contribution in [1.29, 1.82) is 0 Å². The molecule has 1 atom stereocenters. The predicted molar refractivity (Wildman–Crippen MR) is 67.3 cm³/mol. The van der Waals surface area contributed by atoms with Crippen molar-refractivity contribution in [3.05, 3.63) is 0 Å². The summed E-state index contributed by atoms with van der Waals surface area (Å²) in [4.78, 5) is 13.7. The van der Waals surface area contributed by atoms with Gasteiger partial charge < -0.3 is 4.90 Å². The predicted octanol–water partition coefficient (Wildman–Crippen LogP) is 0.368. The second-order valence-electron chi connectivity index (χ2n) is 5.56. The van der Waals surface area contributed by atoms with Crippen LogP contribution in [0.3, 0.4) is 0 Å². The fraction of sp³-hybridized carbons (Fsp3) is 0.909. The lowest BCUT2D eigenvalue weighted by Gasteiger charge is -2.29. The van der Waals surface area contributed by atoms with Crippen LogP contribution in [0, 0.1) is 0 Å². The van der Waals surface area contributed by atoms with Crippen molar-refractivity contribution < 1.29 is 13.2 Å². The Morgan fingerprint density at radius 3 is 2.35 bits per heavy atom. The van der Waals surface area contributed by atoms with Crippen molar-refractivity contribution in [2.45, 2.75) is 44.4 Å². The minimum Gasteiger partial charge on any atom is -0.327 e. The van der Waals surface area contributed by atoms with Crippen LogP contribution in [0.1, 0.15) is 34.1 Å². The lowest BCUT2D eigenvalue weighted by molar-refractivity contribution is -0.132. The van der Waals surface area contributed by atoms with Gasteiger partial charge in [0.1, 0.15) is 0 Å². The van der Waals surface area contributed by atoms with Gasteiger partial charge in [-0.1, -0.05) is 6.92 Å². The van der Waals surface area contributed by atoms with Crippen molar-refractivity contribution in [2.24, 2.45) is 0 Å². The highest BCUT2D eigenvalue weighted by Crippen LogP contribution is 2.23. The molecule has 0 radical (unpaired) electrons. The number of hydrogen-bond donors (Lipinski definition) is 1. The van der Waals surface area contributed by atoms with Crippen molar-refractivity contribution in [2.75, 3.05) is 19.5 Å². The number of rotatable bonds is 4. The molecule has 1 saturated heterocycles. The van der Waals surface area contributed by atoms with Gasteiger partial charge in [0, 0.05) is 12.8 Å². The second-order valence-corrected chi connectivity index (χ2v) is 8.21. The maximum atomic E-state index is 12.1. The van der Waals surface area contributed by atoms with E-state index in [9.17, 15) is 13.2 Å². The summed E-state index contributed by atoms with van der Waals surface area (Å²) in [5, 5.41) is 3.14. The molecule has 0 aromatic heterocycles. The molecule has 0 aliphatic carbocycles. The fourth-order valence-electron chi connectivity index (χ4n) is 1.75. The first-order valence-electron chi connectivity index (χ1n) is 5.77. The molecular formula is C11H22N2O3S. The zero-order valence-corrected chi connectivity index (χ0v) is 12.0. The van der Waals surface area contributed by atoms with E-state index in [1.807, 2.05) is 13.8 Å². The molecule has 1 amide bonds. The monoisotopic (exact) mass is 262 g/mol. The maximum Gasteiger partial charge on any atom is 0.243 e. The van der Waals surface area contributed by atoms with Gasteiger partial charge in [-0.15, -0.1) is 0 Å². The average Bonchev–Trinajstić information content (AvgIpc) is 2.45. The van der Waals surface area contributed by atoms with E-state index in [1.165, 1.54) is 6.26 Å². The van der Waals surface area contributed by atoms with E-state index in [0.29, 0.717) is 13.1 Å². The molecule has 1 N–H and O–H groups in total. The van der Waals surface area contributed by atoms with Crippen LogP contribution in [0.2, 0.25) is 0 Å². The molecule has 1 unspecified atom stereocenters. The van der Waals surface area contributed by atoms with Gasteiger partial charge in [-0.05, 0) is 27.2 Å². The van der Waals surface area contributed by atoms with Crippen molar-refractivity contribution in [3.8, 4) is 0 Å². The van der Waals surface area contributed by atoms with E-state index >= 15 is 0 Å². The summed E-state index contributed by atoms with van der Waals surface area (Å²) >= 11 is 0. The number of nitrogens with zero attached hydrogens (tertiary/aromatic N) is 1. The summed E-state index contributed by atoms with van der Waals surface area (Å²) < 4.78 is 22.3. The van der Waals surface area contributed by atoms with Gasteiger partial charge in [0.15, 0.2) is 9.84 Å². The first-order chi connectivity index (χ1) is 7.53. The molecular weight excluding hydrogens is 240 g/mol. The Balaban J connectivity index is 2.84. The zero-order valence-electron chi connectivity index (χ0n) is 11.2. The minimum absolute atomic E-state index is 0.0169. The normalized spacial score (nSPS) is 26.6. The van der Waals surface area contributed by atoms with Crippen LogP contribution in [-0.4, -0.2) is 49.0 Å². The second kappa shape index (κ2) is 4.24. The number of carbonyl (C=O) groups is 1. The van der Waals surface area contributed by atoms with Crippen LogP contribution in [0.5, 0.6) is 0 Å². The van der Waals surface area contributed by atoms with Crippen LogP contribution in [0.4, 0.5) is 0 Å². The van der Waals surface area contributed by atoms with Crippen molar-refractivity contribution >= 4 is 15.7 Å². The standard InChI is InChI=1S/C11H22N2O3S/c1-6-11(4)9(14)13(8-12-11)7-10(2,3)17(5,15)16/h12H,6-8H2,1-5H3. The molecule has 1 aliphatic rings. The van der Waals surface area contributed by atoms with Gasteiger partial charge in [-0.3, -0.25) is 10.1 Å². The summed E-state index contributed by atoms with van der Waals surface area (Å²) in [5.41, 5.74) is -0.548. The quantitative estimate of drug-likeness (QED) is 0.795. The Kier molecular flexibility index (Phi) is 3.60. The van der Waals surface area contributed by atoms with Crippen LogP contribution in [0.25, 0.3) is 0 Å².